The van der Waals surface area contributed by atoms with Gasteiger partial charge < -0.3 is 16.4 Å². The van der Waals surface area contributed by atoms with Crippen LogP contribution in [0.25, 0.3) is 0 Å². The molecule has 0 aliphatic rings. The summed E-state index contributed by atoms with van der Waals surface area (Å²) in [6, 6.07) is 0. The minimum Gasteiger partial charge on any atom is -0.359 e. The molecule has 21 heavy (non-hydrogen) atoms. The molecule has 0 saturated heterocycles. The number of carbonyl (C=O) groups is 2. The predicted molar refractivity (Wildman–Crippen MR) is 80.8 cm³/mol. The molecule has 0 unspecified atom stereocenters. The average Bonchev–Trinajstić information content (AvgIpc) is 2.82. The van der Waals surface area contributed by atoms with Crippen molar-refractivity contribution < 1.29 is 9.59 Å². The van der Waals surface area contributed by atoms with Gasteiger partial charge in [-0.2, -0.15) is 5.10 Å². The maximum absolute atomic E-state index is 12.2. The van der Waals surface area contributed by atoms with Crippen LogP contribution in [0, 0.1) is 12.3 Å². The SMILES string of the molecule is CNC(=O)C(C)(C)CNC(=O)c1cnn(CCCN)c1C. The minimum atomic E-state index is -0.659. The zero-order chi connectivity index (χ0) is 16.0. The second-order valence-electron chi connectivity index (χ2n) is 5.65. The maximum atomic E-state index is 12.2. The first kappa shape index (κ1) is 17.2. The van der Waals surface area contributed by atoms with Crippen molar-refractivity contribution in [1.29, 1.82) is 0 Å². The monoisotopic (exact) mass is 295 g/mol. The van der Waals surface area contributed by atoms with Crippen LogP contribution in [-0.2, 0) is 11.3 Å². The molecule has 0 atom stereocenters. The Bertz CT molecular complexity index is 507. The molecule has 118 valence electrons. The summed E-state index contributed by atoms with van der Waals surface area (Å²) in [6.45, 7) is 6.95. The highest BCUT2D eigenvalue weighted by molar-refractivity contribution is 5.95. The van der Waals surface area contributed by atoms with Gasteiger partial charge in [-0.05, 0) is 33.7 Å². The molecule has 0 spiro atoms. The molecule has 7 heteroatoms. The summed E-state index contributed by atoms with van der Waals surface area (Å²) < 4.78 is 1.77. The van der Waals surface area contributed by atoms with E-state index in [0.29, 0.717) is 18.7 Å². The largest absolute Gasteiger partial charge is 0.359 e. The Labute approximate surface area is 125 Å². The fourth-order valence-corrected chi connectivity index (χ4v) is 1.95. The van der Waals surface area contributed by atoms with E-state index in [1.807, 2.05) is 6.92 Å². The van der Waals surface area contributed by atoms with Gasteiger partial charge in [-0.3, -0.25) is 14.3 Å². The van der Waals surface area contributed by atoms with Gasteiger partial charge in [-0.25, -0.2) is 0 Å². The number of aromatic nitrogens is 2. The zero-order valence-electron chi connectivity index (χ0n) is 13.2. The Morgan fingerprint density at radius 2 is 2.10 bits per heavy atom. The lowest BCUT2D eigenvalue weighted by molar-refractivity contribution is -0.128. The predicted octanol–water partition coefficient (Wildman–Crippen LogP) is 0.0423. The lowest BCUT2D eigenvalue weighted by atomic mass is 9.92. The second-order valence-corrected chi connectivity index (χ2v) is 5.65. The normalized spacial score (nSPS) is 11.3. The molecule has 0 aliphatic heterocycles. The van der Waals surface area contributed by atoms with Gasteiger partial charge >= 0.3 is 0 Å². The highest BCUT2D eigenvalue weighted by Crippen LogP contribution is 2.14. The van der Waals surface area contributed by atoms with Crippen LogP contribution in [0.2, 0.25) is 0 Å². The molecule has 2 amide bonds. The van der Waals surface area contributed by atoms with E-state index in [-0.39, 0.29) is 18.4 Å². The number of carbonyl (C=O) groups excluding carboxylic acids is 2. The van der Waals surface area contributed by atoms with E-state index in [1.165, 1.54) is 0 Å². The van der Waals surface area contributed by atoms with Gasteiger partial charge in [0.25, 0.3) is 5.91 Å². The zero-order valence-corrected chi connectivity index (χ0v) is 13.2. The topological polar surface area (TPSA) is 102 Å². The fourth-order valence-electron chi connectivity index (χ4n) is 1.95. The van der Waals surface area contributed by atoms with Crippen molar-refractivity contribution in [3.05, 3.63) is 17.5 Å². The van der Waals surface area contributed by atoms with Crippen molar-refractivity contribution in [3.63, 3.8) is 0 Å². The fraction of sp³-hybridized carbons (Fsp3) is 0.643. The second kappa shape index (κ2) is 7.21. The van der Waals surface area contributed by atoms with Crippen molar-refractivity contribution in [1.82, 2.24) is 20.4 Å². The Morgan fingerprint density at radius 3 is 2.67 bits per heavy atom. The molecule has 0 fully saturated rings. The van der Waals surface area contributed by atoms with E-state index in [2.05, 4.69) is 15.7 Å². The van der Waals surface area contributed by atoms with Crippen LogP contribution in [0.1, 0.15) is 36.3 Å². The summed E-state index contributed by atoms with van der Waals surface area (Å²) in [5, 5.41) is 9.57. The summed E-state index contributed by atoms with van der Waals surface area (Å²) in [4.78, 5) is 23.9. The first-order chi connectivity index (χ1) is 9.83. The lowest BCUT2D eigenvalue weighted by Crippen LogP contribution is -2.43. The van der Waals surface area contributed by atoms with E-state index in [4.69, 9.17) is 5.73 Å². The number of hydrogen-bond donors (Lipinski definition) is 3. The van der Waals surface area contributed by atoms with Gasteiger partial charge in [0.2, 0.25) is 5.91 Å². The van der Waals surface area contributed by atoms with Crippen LogP contribution in [0.15, 0.2) is 6.20 Å². The molecule has 1 aromatic rings. The van der Waals surface area contributed by atoms with Gasteiger partial charge in [0.05, 0.1) is 17.2 Å². The van der Waals surface area contributed by atoms with Crippen LogP contribution in [0.4, 0.5) is 0 Å². The van der Waals surface area contributed by atoms with Crippen LogP contribution in [0.5, 0.6) is 0 Å². The minimum absolute atomic E-state index is 0.113. The Morgan fingerprint density at radius 1 is 1.43 bits per heavy atom. The number of hydrogen-bond acceptors (Lipinski definition) is 4. The van der Waals surface area contributed by atoms with Gasteiger partial charge in [0.15, 0.2) is 0 Å². The first-order valence-electron chi connectivity index (χ1n) is 7.06. The Kier molecular flexibility index (Phi) is 5.90. The third-order valence-electron chi connectivity index (χ3n) is 3.45. The molecule has 1 rings (SSSR count). The van der Waals surface area contributed by atoms with Crippen LogP contribution >= 0.6 is 0 Å². The van der Waals surface area contributed by atoms with Crippen LogP contribution in [0.3, 0.4) is 0 Å². The number of nitrogens with zero attached hydrogens (tertiary/aromatic N) is 2. The standard InChI is InChI=1S/C14H25N5O2/c1-10-11(8-18-19(10)7-5-6-15)12(20)17-9-14(2,3)13(21)16-4/h8H,5-7,9,15H2,1-4H3,(H,16,21)(H,17,20). The van der Waals surface area contributed by atoms with E-state index in [9.17, 15) is 9.59 Å². The Balaban J connectivity index is 2.68. The highest BCUT2D eigenvalue weighted by Gasteiger charge is 2.27. The number of rotatable bonds is 7. The molecule has 0 aliphatic carbocycles. The number of aryl methyl sites for hydroxylation is 1. The van der Waals surface area contributed by atoms with E-state index < -0.39 is 5.41 Å². The molecule has 1 heterocycles. The van der Waals surface area contributed by atoms with Gasteiger partial charge in [0.1, 0.15) is 0 Å². The third kappa shape index (κ3) is 4.29. The number of nitrogens with two attached hydrogens (primary N) is 1. The quantitative estimate of drug-likeness (QED) is 0.661. The van der Waals surface area contributed by atoms with Crippen LogP contribution in [-0.4, -0.2) is 41.7 Å². The van der Waals surface area contributed by atoms with Crippen LogP contribution < -0.4 is 16.4 Å². The third-order valence-corrected chi connectivity index (χ3v) is 3.45. The van der Waals surface area contributed by atoms with Gasteiger partial charge in [0, 0.05) is 25.8 Å². The average molecular weight is 295 g/mol. The summed E-state index contributed by atoms with van der Waals surface area (Å²) in [6.07, 6.45) is 2.36. The van der Waals surface area contributed by atoms with E-state index in [1.54, 1.807) is 31.8 Å². The van der Waals surface area contributed by atoms with E-state index >= 15 is 0 Å². The molecule has 0 saturated carbocycles. The molecule has 0 aromatic carbocycles. The summed E-state index contributed by atoms with van der Waals surface area (Å²) in [5.41, 5.74) is 6.14. The first-order valence-corrected chi connectivity index (χ1v) is 7.06. The smallest absolute Gasteiger partial charge is 0.254 e. The summed E-state index contributed by atoms with van der Waals surface area (Å²) in [7, 11) is 1.58. The molecule has 0 bridgehead atoms. The van der Waals surface area contributed by atoms with Crippen molar-refractivity contribution in [2.24, 2.45) is 11.1 Å². The van der Waals surface area contributed by atoms with Gasteiger partial charge in [-0.15, -0.1) is 0 Å². The number of nitrogens with one attached hydrogen (secondary N) is 2. The molecular formula is C14H25N5O2. The van der Waals surface area contributed by atoms with Crippen molar-refractivity contribution in [3.8, 4) is 0 Å². The van der Waals surface area contributed by atoms with E-state index in [0.717, 1.165) is 12.1 Å². The molecule has 1 aromatic heterocycles. The highest BCUT2D eigenvalue weighted by atomic mass is 16.2. The molecule has 7 nitrogen and oxygen atoms in total. The summed E-state index contributed by atoms with van der Waals surface area (Å²) >= 11 is 0. The summed E-state index contributed by atoms with van der Waals surface area (Å²) in [5.74, 6) is -0.332. The van der Waals surface area contributed by atoms with Gasteiger partial charge in [-0.1, -0.05) is 0 Å². The lowest BCUT2D eigenvalue weighted by Gasteiger charge is -2.22. The number of amides is 2. The maximum Gasteiger partial charge on any atom is 0.254 e. The van der Waals surface area contributed by atoms with Crippen molar-refractivity contribution in [2.75, 3.05) is 20.1 Å². The van der Waals surface area contributed by atoms with Crippen molar-refractivity contribution >= 4 is 11.8 Å². The van der Waals surface area contributed by atoms with Crippen molar-refractivity contribution in [2.45, 2.75) is 33.7 Å². The Hall–Kier alpha value is -1.89. The molecule has 4 N–H and O–H groups in total. The molecule has 0 radical (unpaired) electrons. The molecular weight excluding hydrogens is 270 g/mol.